The van der Waals surface area contributed by atoms with Crippen LogP contribution < -0.4 is 18.9 Å². The summed E-state index contributed by atoms with van der Waals surface area (Å²) in [6.45, 7) is 2.90. The maximum Gasteiger partial charge on any atom is 0.161 e. The highest BCUT2D eigenvalue weighted by molar-refractivity contribution is 5.42. The molecule has 2 aromatic carbocycles. The lowest BCUT2D eigenvalue weighted by Crippen LogP contribution is -2.09. The largest absolute Gasteiger partial charge is 0.497 e. The van der Waals surface area contributed by atoms with E-state index in [1.54, 1.807) is 14.2 Å². The summed E-state index contributed by atoms with van der Waals surface area (Å²) in [7, 11) is 3.26. The lowest BCUT2D eigenvalue weighted by atomic mass is 10.2. The van der Waals surface area contributed by atoms with Gasteiger partial charge in [0.15, 0.2) is 11.5 Å². The lowest BCUT2D eigenvalue weighted by molar-refractivity contribution is 0.211. The van der Waals surface area contributed by atoms with Crippen molar-refractivity contribution >= 4 is 0 Å². The zero-order valence-corrected chi connectivity index (χ0v) is 12.6. The van der Waals surface area contributed by atoms with Gasteiger partial charge < -0.3 is 18.9 Å². The van der Waals surface area contributed by atoms with E-state index in [4.69, 9.17) is 18.9 Å². The van der Waals surface area contributed by atoms with E-state index in [1.807, 2.05) is 49.4 Å². The van der Waals surface area contributed by atoms with Gasteiger partial charge in [0.1, 0.15) is 24.7 Å². The first-order chi connectivity index (χ1) is 10.2. The average Bonchev–Trinajstić information content (AvgIpc) is 2.52. The molecule has 0 N–H and O–H groups in total. The third kappa shape index (κ3) is 4.31. The van der Waals surface area contributed by atoms with Crippen molar-refractivity contribution in [3.8, 4) is 23.0 Å². The zero-order chi connectivity index (χ0) is 15.1. The molecular weight excluding hydrogens is 268 g/mol. The van der Waals surface area contributed by atoms with Crippen LogP contribution in [0.2, 0.25) is 0 Å². The molecule has 0 aliphatic carbocycles. The van der Waals surface area contributed by atoms with Crippen LogP contribution in [-0.4, -0.2) is 27.4 Å². The predicted octanol–water partition coefficient (Wildman–Crippen LogP) is 3.47. The minimum absolute atomic E-state index is 0.441. The molecule has 4 heteroatoms. The monoisotopic (exact) mass is 288 g/mol. The molecule has 21 heavy (non-hydrogen) atoms. The number of methoxy groups -OCH3 is 2. The molecule has 0 unspecified atom stereocenters. The molecule has 112 valence electrons. The van der Waals surface area contributed by atoms with E-state index in [2.05, 4.69) is 0 Å². The van der Waals surface area contributed by atoms with Crippen LogP contribution in [0.4, 0.5) is 0 Å². The first-order valence-corrected chi connectivity index (χ1v) is 6.77. The van der Waals surface area contributed by atoms with Crippen molar-refractivity contribution in [1.82, 2.24) is 0 Å². The van der Waals surface area contributed by atoms with Crippen molar-refractivity contribution in [3.63, 3.8) is 0 Å². The van der Waals surface area contributed by atoms with Crippen molar-refractivity contribution in [2.24, 2.45) is 0 Å². The molecule has 0 atom stereocenters. The van der Waals surface area contributed by atoms with Crippen LogP contribution in [0.15, 0.2) is 42.5 Å². The minimum Gasteiger partial charge on any atom is -0.497 e. The van der Waals surface area contributed by atoms with E-state index >= 15 is 0 Å². The van der Waals surface area contributed by atoms with Crippen molar-refractivity contribution in [2.45, 2.75) is 6.92 Å². The summed E-state index contributed by atoms with van der Waals surface area (Å²) in [6.07, 6.45) is 0. The molecule has 0 aliphatic heterocycles. The van der Waals surface area contributed by atoms with E-state index in [0.717, 1.165) is 28.6 Å². The number of hydrogen-bond donors (Lipinski definition) is 0. The van der Waals surface area contributed by atoms with E-state index in [9.17, 15) is 0 Å². The van der Waals surface area contributed by atoms with Gasteiger partial charge in [0.25, 0.3) is 0 Å². The summed E-state index contributed by atoms with van der Waals surface area (Å²) < 4.78 is 21.7. The highest BCUT2D eigenvalue weighted by Crippen LogP contribution is 2.27. The number of ether oxygens (including phenoxy) is 4. The highest BCUT2D eigenvalue weighted by atomic mass is 16.5. The van der Waals surface area contributed by atoms with Gasteiger partial charge in [-0.15, -0.1) is 0 Å². The molecule has 0 aliphatic rings. The predicted molar refractivity (Wildman–Crippen MR) is 81.7 cm³/mol. The highest BCUT2D eigenvalue weighted by Gasteiger charge is 2.04. The Morgan fingerprint density at radius 1 is 0.762 bits per heavy atom. The summed E-state index contributed by atoms with van der Waals surface area (Å²) >= 11 is 0. The number of hydrogen-bond acceptors (Lipinski definition) is 4. The van der Waals surface area contributed by atoms with Gasteiger partial charge in [-0.25, -0.2) is 0 Å². The zero-order valence-electron chi connectivity index (χ0n) is 12.6. The molecule has 0 heterocycles. The van der Waals surface area contributed by atoms with Gasteiger partial charge >= 0.3 is 0 Å². The van der Waals surface area contributed by atoms with Gasteiger partial charge in [0.2, 0.25) is 0 Å². The van der Waals surface area contributed by atoms with E-state index < -0.39 is 0 Å². The first kappa shape index (κ1) is 15.0. The molecule has 0 bridgehead atoms. The second kappa shape index (κ2) is 7.43. The summed E-state index contributed by atoms with van der Waals surface area (Å²) in [5.74, 6) is 2.98. The maximum absolute atomic E-state index is 5.68. The van der Waals surface area contributed by atoms with Gasteiger partial charge in [-0.05, 0) is 36.8 Å². The third-order valence-corrected chi connectivity index (χ3v) is 2.97. The van der Waals surface area contributed by atoms with Gasteiger partial charge in [-0.2, -0.15) is 0 Å². The molecule has 2 aromatic rings. The van der Waals surface area contributed by atoms with Crippen molar-refractivity contribution < 1.29 is 18.9 Å². The Morgan fingerprint density at radius 3 is 2.29 bits per heavy atom. The first-order valence-electron chi connectivity index (χ1n) is 6.77. The Labute approximate surface area is 125 Å². The molecule has 2 rings (SSSR count). The van der Waals surface area contributed by atoms with E-state index in [1.165, 1.54) is 0 Å². The Hall–Kier alpha value is -2.36. The fourth-order valence-corrected chi connectivity index (χ4v) is 1.90. The van der Waals surface area contributed by atoms with E-state index in [-0.39, 0.29) is 0 Å². The average molecular weight is 288 g/mol. The molecular formula is C17H20O4. The fraction of sp³-hybridized carbons (Fsp3) is 0.294. The molecule has 0 amide bonds. The SMILES string of the molecule is COc1cccc(OCCOc2ccc(C)cc2OC)c1. The van der Waals surface area contributed by atoms with Gasteiger partial charge in [-0.1, -0.05) is 12.1 Å². The maximum atomic E-state index is 5.68. The van der Waals surface area contributed by atoms with Crippen LogP contribution in [-0.2, 0) is 0 Å². The quantitative estimate of drug-likeness (QED) is 0.731. The van der Waals surface area contributed by atoms with Crippen molar-refractivity contribution in [3.05, 3.63) is 48.0 Å². The fourth-order valence-electron chi connectivity index (χ4n) is 1.90. The Balaban J connectivity index is 1.84. The molecule has 0 fully saturated rings. The summed E-state index contributed by atoms with van der Waals surface area (Å²) in [5.41, 5.74) is 1.13. The third-order valence-electron chi connectivity index (χ3n) is 2.97. The molecule has 0 aromatic heterocycles. The van der Waals surface area contributed by atoms with Gasteiger partial charge in [0, 0.05) is 6.07 Å². The number of benzene rings is 2. The summed E-state index contributed by atoms with van der Waals surface area (Å²) in [5, 5.41) is 0. The van der Waals surface area contributed by atoms with Crippen LogP contribution in [0.5, 0.6) is 23.0 Å². The van der Waals surface area contributed by atoms with Crippen LogP contribution in [0, 0.1) is 6.92 Å². The molecule has 0 spiro atoms. The topological polar surface area (TPSA) is 36.9 Å². The van der Waals surface area contributed by atoms with Crippen molar-refractivity contribution in [2.75, 3.05) is 27.4 Å². The van der Waals surface area contributed by atoms with Crippen LogP contribution in [0.25, 0.3) is 0 Å². The summed E-state index contributed by atoms with van der Waals surface area (Å²) in [6, 6.07) is 13.3. The molecule has 0 saturated carbocycles. The Kier molecular flexibility index (Phi) is 5.32. The molecule has 4 nitrogen and oxygen atoms in total. The normalized spacial score (nSPS) is 10.0. The number of aryl methyl sites for hydroxylation is 1. The van der Waals surface area contributed by atoms with Crippen LogP contribution in [0.3, 0.4) is 0 Å². The molecule has 0 radical (unpaired) electrons. The Morgan fingerprint density at radius 2 is 1.52 bits per heavy atom. The Bertz CT molecular complexity index is 581. The second-order valence-electron chi connectivity index (χ2n) is 4.53. The second-order valence-corrected chi connectivity index (χ2v) is 4.53. The van der Waals surface area contributed by atoms with Crippen LogP contribution in [0.1, 0.15) is 5.56 Å². The number of rotatable bonds is 7. The van der Waals surface area contributed by atoms with Crippen molar-refractivity contribution in [1.29, 1.82) is 0 Å². The smallest absolute Gasteiger partial charge is 0.161 e. The van der Waals surface area contributed by atoms with Crippen LogP contribution >= 0.6 is 0 Å². The molecule has 0 saturated heterocycles. The summed E-state index contributed by atoms with van der Waals surface area (Å²) in [4.78, 5) is 0. The standard InChI is InChI=1S/C17H20O4/c1-13-7-8-16(17(11-13)19-3)21-10-9-20-15-6-4-5-14(12-15)18-2/h4-8,11-12H,9-10H2,1-3H3. The van der Waals surface area contributed by atoms with Gasteiger partial charge in [0.05, 0.1) is 14.2 Å². The van der Waals surface area contributed by atoms with Gasteiger partial charge in [-0.3, -0.25) is 0 Å². The minimum atomic E-state index is 0.441. The lowest BCUT2D eigenvalue weighted by Gasteiger charge is -2.12. The van der Waals surface area contributed by atoms with E-state index in [0.29, 0.717) is 13.2 Å².